The number of amides is 1. The maximum atomic E-state index is 13.7. The molecule has 22 heavy (non-hydrogen) atoms. The van der Waals surface area contributed by atoms with Crippen LogP contribution < -0.4 is 10.1 Å². The molecule has 0 bridgehead atoms. The standard InChI is InChI=1S/C16H14BrF2NO2/c1-9(12-5-4-11(18)8-14(12)19)20-16(21)10-3-6-15(22-2)13(17)7-10/h3-9H,1-2H3,(H,20,21)/t9-/m1/s1. The Bertz CT molecular complexity index is 707. The second kappa shape index (κ2) is 6.87. The van der Waals surface area contributed by atoms with Gasteiger partial charge in [-0.15, -0.1) is 0 Å². The average Bonchev–Trinajstić information content (AvgIpc) is 2.46. The minimum Gasteiger partial charge on any atom is -0.496 e. The summed E-state index contributed by atoms with van der Waals surface area (Å²) in [5.74, 6) is -1.10. The summed E-state index contributed by atoms with van der Waals surface area (Å²) in [5, 5.41) is 2.67. The zero-order chi connectivity index (χ0) is 16.3. The van der Waals surface area contributed by atoms with Crippen LogP contribution in [0.2, 0.25) is 0 Å². The highest BCUT2D eigenvalue weighted by Gasteiger charge is 2.16. The van der Waals surface area contributed by atoms with E-state index in [9.17, 15) is 13.6 Å². The molecule has 3 nitrogen and oxygen atoms in total. The third-order valence-corrected chi connectivity index (χ3v) is 3.81. The van der Waals surface area contributed by atoms with E-state index in [2.05, 4.69) is 21.2 Å². The van der Waals surface area contributed by atoms with Crippen LogP contribution in [0.15, 0.2) is 40.9 Å². The number of methoxy groups -OCH3 is 1. The van der Waals surface area contributed by atoms with Gasteiger partial charge in [-0.05, 0) is 47.1 Å². The predicted molar refractivity (Wildman–Crippen MR) is 82.9 cm³/mol. The Morgan fingerprint density at radius 3 is 2.55 bits per heavy atom. The van der Waals surface area contributed by atoms with E-state index in [0.717, 1.165) is 12.1 Å². The SMILES string of the molecule is COc1ccc(C(=O)N[C@H](C)c2ccc(F)cc2F)cc1Br. The third kappa shape index (κ3) is 3.62. The van der Waals surface area contributed by atoms with Crippen LogP contribution in [0.5, 0.6) is 5.75 Å². The van der Waals surface area contributed by atoms with Gasteiger partial charge < -0.3 is 10.1 Å². The summed E-state index contributed by atoms with van der Waals surface area (Å²) in [5.41, 5.74) is 0.629. The van der Waals surface area contributed by atoms with Gasteiger partial charge in [0.15, 0.2) is 0 Å². The van der Waals surface area contributed by atoms with Crippen LogP contribution in [-0.4, -0.2) is 13.0 Å². The van der Waals surface area contributed by atoms with E-state index in [1.165, 1.54) is 13.2 Å². The van der Waals surface area contributed by atoms with Gasteiger partial charge in [0.05, 0.1) is 17.6 Å². The first kappa shape index (κ1) is 16.4. The Morgan fingerprint density at radius 1 is 1.23 bits per heavy atom. The van der Waals surface area contributed by atoms with Crippen molar-refractivity contribution in [3.8, 4) is 5.75 Å². The fraction of sp³-hybridized carbons (Fsp3) is 0.188. The van der Waals surface area contributed by atoms with Gasteiger partial charge in [-0.25, -0.2) is 8.78 Å². The summed E-state index contributed by atoms with van der Waals surface area (Å²) in [4.78, 5) is 12.2. The molecule has 0 aliphatic carbocycles. The molecule has 2 rings (SSSR count). The van der Waals surface area contributed by atoms with Crippen LogP contribution in [0.3, 0.4) is 0 Å². The summed E-state index contributed by atoms with van der Waals surface area (Å²) >= 11 is 3.30. The van der Waals surface area contributed by atoms with Gasteiger partial charge >= 0.3 is 0 Å². The van der Waals surface area contributed by atoms with Crippen LogP contribution in [-0.2, 0) is 0 Å². The van der Waals surface area contributed by atoms with Gasteiger partial charge in [0, 0.05) is 17.2 Å². The van der Waals surface area contributed by atoms with E-state index >= 15 is 0 Å². The molecular weight excluding hydrogens is 356 g/mol. The number of carbonyl (C=O) groups excluding carboxylic acids is 1. The van der Waals surface area contributed by atoms with E-state index in [0.29, 0.717) is 15.8 Å². The molecule has 0 heterocycles. The van der Waals surface area contributed by atoms with Crippen molar-refractivity contribution in [2.75, 3.05) is 7.11 Å². The van der Waals surface area contributed by atoms with Gasteiger partial charge in [-0.2, -0.15) is 0 Å². The van der Waals surface area contributed by atoms with Crippen LogP contribution in [0, 0.1) is 11.6 Å². The van der Waals surface area contributed by atoms with Crippen molar-refractivity contribution in [1.82, 2.24) is 5.32 Å². The number of hydrogen-bond donors (Lipinski definition) is 1. The van der Waals surface area contributed by atoms with E-state index < -0.39 is 17.7 Å². The Kier molecular flexibility index (Phi) is 5.13. The fourth-order valence-electron chi connectivity index (χ4n) is 2.02. The summed E-state index contributed by atoms with van der Waals surface area (Å²) in [7, 11) is 1.53. The maximum Gasteiger partial charge on any atom is 0.251 e. The van der Waals surface area contributed by atoms with E-state index in [4.69, 9.17) is 4.74 Å². The second-order valence-corrected chi connectivity index (χ2v) is 5.56. The summed E-state index contributed by atoms with van der Waals surface area (Å²) in [6.45, 7) is 1.63. The molecule has 1 atom stereocenters. The van der Waals surface area contributed by atoms with E-state index in [-0.39, 0.29) is 11.5 Å². The van der Waals surface area contributed by atoms with Crippen molar-refractivity contribution in [1.29, 1.82) is 0 Å². The van der Waals surface area contributed by atoms with Gasteiger partial charge in [0.2, 0.25) is 0 Å². The smallest absolute Gasteiger partial charge is 0.251 e. The van der Waals surface area contributed by atoms with Crippen LogP contribution in [0.25, 0.3) is 0 Å². The molecule has 2 aromatic rings. The fourth-order valence-corrected chi connectivity index (χ4v) is 2.56. The lowest BCUT2D eigenvalue weighted by Crippen LogP contribution is -2.27. The van der Waals surface area contributed by atoms with Crippen molar-refractivity contribution in [2.24, 2.45) is 0 Å². The Hall–Kier alpha value is -1.95. The molecule has 0 spiro atoms. The highest BCUT2D eigenvalue weighted by Crippen LogP contribution is 2.26. The first-order valence-electron chi connectivity index (χ1n) is 6.51. The van der Waals surface area contributed by atoms with Gasteiger partial charge in [0.25, 0.3) is 5.91 Å². The molecule has 0 radical (unpaired) electrons. The summed E-state index contributed by atoms with van der Waals surface area (Å²) < 4.78 is 32.3. The quantitative estimate of drug-likeness (QED) is 0.875. The predicted octanol–water partition coefficient (Wildman–Crippen LogP) is 4.23. The largest absolute Gasteiger partial charge is 0.496 e. The van der Waals surface area contributed by atoms with Crippen LogP contribution in [0.1, 0.15) is 28.9 Å². The molecule has 0 saturated heterocycles. The second-order valence-electron chi connectivity index (χ2n) is 4.71. The van der Waals surface area contributed by atoms with Crippen molar-refractivity contribution in [3.63, 3.8) is 0 Å². The number of rotatable bonds is 4. The Morgan fingerprint density at radius 2 is 1.95 bits per heavy atom. The van der Waals surface area contributed by atoms with Crippen molar-refractivity contribution in [3.05, 3.63) is 63.6 Å². The highest BCUT2D eigenvalue weighted by atomic mass is 79.9. The molecule has 0 aromatic heterocycles. The minimum absolute atomic E-state index is 0.224. The van der Waals surface area contributed by atoms with Crippen molar-refractivity contribution in [2.45, 2.75) is 13.0 Å². The topological polar surface area (TPSA) is 38.3 Å². The number of halogens is 3. The van der Waals surface area contributed by atoms with Crippen molar-refractivity contribution >= 4 is 21.8 Å². The number of benzene rings is 2. The van der Waals surface area contributed by atoms with Gasteiger partial charge in [0.1, 0.15) is 17.4 Å². The molecule has 0 fully saturated rings. The summed E-state index contributed by atoms with van der Waals surface area (Å²) in [6.07, 6.45) is 0. The molecule has 0 unspecified atom stereocenters. The Labute approximate surface area is 135 Å². The van der Waals surface area contributed by atoms with Crippen LogP contribution >= 0.6 is 15.9 Å². The third-order valence-electron chi connectivity index (χ3n) is 3.19. The lowest BCUT2D eigenvalue weighted by atomic mass is 10.1. The van der Waals surface area contributed by atoms with Crippen molar-refractivity contribution < 1.29 is 18.3 Å². The maximum absolute atomic E-state index is 13.7. The zero-order valence-corrected chi connectivity index (χ0v) is 13.6. The normalized spacial score (nSPS) is 11.9. The lowest BCUT2D eigenvalue weighted by molar-refractivity contribution is 0.0939. The first-order chi connectivity index (χ1) is 10.4. The molecule has 0 aliphatic rings. The number of nitrogens with one attached hydrogen (secondary N) is 1. The molecule has 1 N–H and O–H groups in total. The van der Waals surface area contributed by atoms with Gasteiger partial charge in [-0.3, -0.25) is 4.79 Å². The number of ether oxygens (including phenoxy) is 1. The Balaban J connectivity index is 2.15. The van der Waals surface area contributed by atoms with E-state index in [1.807, 2.05) is 0 Å². The minimum atomic E-state index is -0.691. The molecular formula is C16H14BrF2NO2. The van der Waals surface area contributed by atoms with E-state index in [1.54, 1.807) is 25.1 Å². The zero-order valence-electron chi connectivity index (χ0n) is 12.0. The molecule has 0 saturated carbocycles. The number of hydrogen-bond acceptors (Lipinski definition) is 2. The summed E-state index contributed by atoms with van der Waals surface area (Å²) in [6, 6.07) is 7.55. The average molecular weight is 370 g/mol. The molecule has 2 aromatic carbocycles. The van der Waals surface area contributed by atoms with Gasteiger partial charge in [-0.1, -0.05) is 6.07 Å². The number of carbonyl (C=O) groups is 1. The monoisotopic (exact) mass is 369 g/mol. The highest BCUT2D eigenvalue weighted by molar-refractivity contribution is 9.10. The first-order valence-corrected chi connectivity index (χ1v) is 7.31. The molecule has 1 amide bonds. The molecule has 116 valence electrons. The lowest BCUT2D eigenvalue weighted by Gasteiger charge is -2.15. The molecule has 0 aliphatic heterocycles. The molecule has 6 heteroatoms. The van der Waals surface area contributed by atoms with Crippen LogP contribution in [0.4, 0.5) is 8.78 Å².